The molecule has 1 aliphatic rings. The van der Waals surface area contributed by atoms with Gasteiger partial charge in [-0.3, -0.25) is 0 Å². The quantitative estimate of drug-likeness (QED) is 0.891. The number of hydrogen-bond acceptors (Lipinski definition) is 5. The fourth-order valence-electron chi connectivity index (χ4n) is 1.84. The molecule has 5 nitrogen and oxygen atoms in total. The Bertz CT molecular complexity index is 560. The van der Waals surface area contributed by atoms with Crippen molar-refractivity contribution in [2.24, 2.45) is 0 Å². The number of oxazole rings is 1. The van der Waals surface area contributed by atoms with E-state index < -0.39 is 0 Å². The normalized spacial score (nSPS) is 15.0. The topological polar surface area (TPSA) is 63.8 Å². The van der Waals surface area contributed by atoms with Crippen LogP contribution in [0.2, 0.25) is 0 Å². The molecule has 2 heterocycles. The minimum absolute atomic E-state index is 0.632. The minimum atomic E-state index is 0.632. The maximum atomic E-state index is 5.20. The standard InChI is InChI=1S/C13H16N4O/c1-8-5-11(6-14-10-3-4-10)17-13(15-8)12-7-18-9(2)16-12/h5,7,10,14H,3-4,6H2,1-2H3. The lowest BCUT2D eigenvalue weighted by Gasteiger charge is -2.05. The number of hydrogen-bond donors (Lipinski definition) is 1. The first-order chi connectivity index (χ1) is 8.70. The summed E-state index contributed by atoms with van der Waals surface area (Å²) in [6.07, 6.45) is 4.15. The van der Waals surface area contributed by atoms with Gasteiger partial charge in [-0.25, -0.2) is 15.0 Å². The first-order valence-electron chi connectivity index (χ1n) is 6.21. The van der Waals surface area contributed by atoms with Gasteiger partial charge in [0.1, 0.15) is 12.0 Å². The number of aryl methyl sites for hydroxylation is 2. The Morgan fingerprint density at radius 3 is 2.78 bits per heavy atom. The second-order valence-corrected chi connectivity index (χ2v) is 4.73. The van der Waals surface area contributed by atoms with Gasteiger partial charge in [0.2, 0.25) is 0 Å². The van der Waals surface area contributed by atoms with Gasteiger partial charge in [-0.1, -0.05) is 0 Å². The molecule has 0 bridgehead atoms. The van der Waals surface area contributed by atoms with Gasteiger partial charge in [0.15, 0.2) is 11.7 Å². The maximum Gasteiger partial charge on any atom is 0.191 e. The summed E-state index contributed by atoms with van der Waals surface area (Å²) in [6, 6.07) is 2.68. The lowest BCUT2D eigenvalue weighted by atomic mass is 10.3. The van der Waals surface area contributed by atoms with E-state index in [1.165, 1.54) is 12.8 Å². The Hall–Kier alpha value is -1.75. The first-order valence-corrected chi connectivity index (χ1v) is 6.21. The molecular formula is C13H16N4O. The number of nitrogens with one attached hydrogen (secondary N) is 1. The molecule has 0 spiro atoms. The van der Waals surface area contributed by atoms with Crippen LogP contribution in [-0.4, -0.2) is 21.0 Å². The number of aromatic nitrogens is 3. The minimum Gasteiger partial charge on any atom is -0.449 e. The van der Waals surface area contributed by atoms with Crippen LogP contribution in [0, 0.1) is 13.8 Å². The molecule has 3 rings (SSSR count). The van der Waals surface area contributed by atoms with Crippen molar-refractivity contribution in [3.05, 3.63) is 29.6 Å². The van der Waals surface area contributed by atoms with Crippen molar-refractivity contribution in [3.8, 4) is 11.5 Å². The van der Waals surface area contributed by atoms with Crippen LogP contribution in [0.1, 0.15) is 30.1 Å². The van der Waals surface area contributed by atoms with E-state index in [0.29, 0.717) is 23.5 Å². The van der Waals surface area contributed by atoms with E-state index in [-0.39, 0.29) is 0 Å². The molecule has 0 saturated heterocycles. The molecule has 1 fully saturated rings. The largest absolute Gasteiger partial charge is 0.449 e. The molecule has 1 N–H and O–H groups in total. The molecule has 1 saturated carbocycles. The summed E-state index contributed by atoms with van der Waals surface area (Å²) in [5, 5.41) is 3.45. The van der Waals surface area contributed by atoms with Gasteiger partial charge in [0.25, 0.3) is 0 Å². The lowest BCUT2D eigenvalue weighted by Crippen LogP contribution is -2.16. The van der Waals surface area contributed by atoms with Crippen LogP contribution in [0.25, 0.3) is 11.5 Å². The maximum absolute atomic E-state index is 5.20. The zero-order valence-corrected chi connectivity index (χ0v) is 10.6. The predicted molar refractivity (Wildman–Crippen MR) is 66.9 cm³/mol. The van der Waals surface area contributed by atoms with Crippen molar-refractivity contribution in [1.29, 1.82) is 0 Å². The Morgan fingerprint density at radius 1 is 1.28 bits per heavy atom. The van der Waals surface area contributed by atoms with Crippen molar-refractivity contribution in [2.75, 3.05) is 0 Å². The van der Waals surface area contributed by atoms with E-state index in [1.54, 1.807) is 6.26 Å². The molecule has 1 aliphatic carbocycles. The smallest absolute Gasteiger partial charge is 0.191 e. The molecule has 94 valence electrons. The summed E-state index contributed by atoms with van der Waals surface area (Å²) in [4.78, 5) is 13.2. The van der Waals surface area contributed by atoms with E-state index in [0.717, 1.165) is 17.9 Å². The molecule has 0 amide bonds. The highest BCUT2D eigenvalue weighted by Gasteiger charge is 2.20. The summed E-state index contributed by atoms with van der Waals surface area (Å²) in [7, 11) is 0. The van der Waals surface area contributed by atoms with Crippen LogP contribution < -0.4 is 5.32 Å². The number of rotatable bonds is 4. The van der Waals surface area contributed by atoms with E-state index in [4.69, 9.17) is 4.42 Å². The van der Waals surface area contributed by atoms with Gasteiger partial charge in [-0.15, -0.1) is 0 Å². The first kappa shape index (κ1) is 11.3. The van der Waals surface area contributed by atoms with Crippen LogP contribution in [0.5, 0.6) is 0 Å². The molecule has 0 aromatic carbocycles. The Morgan fingerprint density at radius 2 is 2.11 bits per heavy atom. The highest BCUT2D eigenvalue weighted by molar-refractivity contribution is 5.47. The van der Waals surface area contributed by atoms with Gasteiger partial charge in [0, 0.05) is 25.2 Å². The summed E-state index contributed by atoms with van der Waals surface area (Å²) in [5.74, 6) is 1.27. The molecule has 0 unspecified atom stereocenters. The zero-order valence-electron chi connectivity index (χ0n) is 10.6. The fraction of sp³-hybridized carbons (Fsp3) is 0.462. The molecule has 0 atom stereocenters. The lowest BCUT2D eigenvalue weighted by molar-refractivity contribution is 0.521. The SMILES string of the molecule is Cc1cc(CNC2CC2)nc(-c2coc(C)n2)n1. The van der Waals surface area contributed by atoms with Gasteiger partial charge in [0.05, 0.1) is 5.69 Å². The van der Waals surface area contributed by atoms with E-state index in [1.807, 2.05) is 19.9 Å². The van der Waals surface area contributed by atoms with Crippen molar-refractivity contribution >= 4 is 0 Å². The van der Waals surface area contributed by atoms with Crippen LogP contribution in [-0.2, 0) is 6.54 Å². The molecule has 2 aromatic heterocycles. The highest BCUT2D eigenvalue weighted by atomic mass is 16.3. The van der Waals surface area contributed by atoms with Gasteiger partial charge >= 0.3 is 0 Å². The summed E-state index contributed by atoms with van der Waals surface area (Å²) in [6.45, 7) is 4.57. The second-order valence-electron chi connectivity index (χ2n) is 4.73. The third-order valence-corrected chi connectivity index (χ3v) is 2.90. The predicted octanol–water partition coefficient (Wildman–Crippen LogP) is 2.00. The van der Waals surface area contributed by atoms with E-state index in [9.17, 15) is 0 Å². The van der Waals surface area contributed by atoms with Crippen LogP contribution >= 0.6 is 0 Å². The molecule has 0 radical (unpaired) electrons. The third kappa shape index (κ3) is 2.56. The van der Waals surface area contributed by atoms with Gasteiger partial charge in [-0.05, 0) is 25.8 Å². The Labute approximate surface area is 106 Å². The molecule has 5 heteroatoms. The highest BCUT2D eigenvalue weighted by Crippen LogP contribution is 2.20. The Kier molecular flexibility index (Phi) is 2.83. The van der Waals surface area contributed by atoms with E-state index in [2.05, 4.69) is 20.3 Å². The number of nitrogens with zero attached hydrogens (tertiary/aromatic N) is 3. The third-order valence-electron chi connectivity index (χ3n) is 2.90. The van der Waals surface area contributed by atoms with Crippen molar-refractivity contribution in [3.63, 3.8) is 0 Å². The van der Waals surface area contributed by atoms with Crippen molar-refractivity contribution in [2.45, 2.75) is 39.3 Å². The van der Waals surface area contributed by atoms with Crippen molar-refractivity contribution < 1.29 is 4.42 Å². The van der Waals surface area contributed by atoms with Crippen LogP contribution in [0.4, 0.5) is 0 Å². The van der Waals surface area contributed by atoms with Crippen molar-refractivity contribution in [1.82, 2.24) is 20.3 Å². The molecular weight excluding hydrogens is 228 g/mol. The van der Waals surface area contributed by atoms with Crippen LogP contribution in [0.15, 0.2) is 16.7 Å². The van der Waals surface area contributed by atoms with Crippen LogP contribution in [0.3, 0.4) is 0 Å². The van der Waals surface area contributed by atoms with E-state index >= 15 is 0 Å². The second kappa shape index (κ2) is 4.49. The zero-order chi connectivity index (χ0) is 12.5. The Balaban J connectivity index is 1.84. The average molecular weight is 244 g/mol. The van der Waals surface area contributed by atoms with Gasteiger partial charge < -0.3 is 9.73 Å². The molecule has 18 heavy (non-hydrogen) atoms. The average Bonchev–Trinajstić information content (AvgIpc) is 3.07. The molecule has 0 aliphatic heterocycles. The van der Waals surface area contributed by atoms with Gasteiger partial charge in [-0.2, -0.15) is 0 Å². The summed E-state index contributed by atoms with van der Waals surface area (Å²) in [5.41, 5.74) is 2.65. The monoisotopic (exact) mass is 244 g/mol. The summed E-state index contributed by atoms with van der Waals surface area (Å²) < 4.78 is 5.20. The summed E-state index contributed by atoms with van der Waals surface area (Å²) >= 11 is 0. The fourth-order valence-corrected chi connectivity index (χ4v) is 1.84. The molecule has 2 aromatic rings.